The van der Waals surface area contributed by atoms with Crippen molar-refractivity contribution < 1.29 is 9.59 Å². The SMILES string of the molecule is Cc1ccc(C(=O)N2CCCC(=O)C2)cc1. The van der Waals surface area contributed by atoms with Crippen LogP contribution in [0.3, 0.4) is 0 Å². The molecule has 0 radical (unpaired) electrons. The lowest BCUT2D eigenvalue weighted by molar-refractivity contribution is -0.121. The molecule has 16 heavy (non-hydrogen) atoms. The predicted molar refractivity (Wildman–Crippen MR) is 61.3 cm³/mol. The van der Waals surface area contributed by atoms with Crippen LogP contribution in [0.4, 0.5) is 0 Å². The molecule has 0 aliphatic carbocycles. The normalized spacial score (nSPS) is 16.3. The topological polar surface area (TPSA) is 37.4 Å². The van der Waals surface area contributed by atoms with Gasteiger partial charge in [-0.25, -0.2) is 0 Å². The minimum Gasteiger partial charge on any atom is -0.331 e. The molecule has 1 saturated heterocycles. The fourth-order valence-corrected chi connectivity index (χ4v) is 1.89. The minimum atomic E-state index is -0.0342. The van der Waals surface area contributed by atoms with Crippen molar-refractivity contribution in [2.75, 3.05) is 13.1 Å². The molecule has 1 aromatic carbocycles. The van der Waals surface area contributed by atoms with Crippen LogP contribution in [-0.4, -0.2) is 29.7 Å². The third-order valence-corrected chi connectivity index (χ3v) is 2.84. The van der Waals surface area contributed by atoms with Crippen molar-refractivity contribution in [2.45, 2.75) is 19.8 Å². The molecule has 0 saturated carbocycles. The van der Waals surface area contributed by atoms with E-state index >= 15 is 0 Å². The van der Waals surface area contributed by atoms with Crippen molar-refractivity contribution in [3.8, 4) is 0 Å². The Bertz CT molecular complexity index is 408. The maximum atomic E-state index is 12.0. The number of aryl methyl sites for hydroxylation is 1. The van der Waals surface area contributed by atoms with Crippen LogP contribution in [0.25, 0.3) is 0 Å². The van der Waals surface area contributed by atoms with Gasteiger partial charge in [0.25, 0.3) is 5.91 Å². The molecule has 1 heterocycles. The molecule has 3 nitrogen and oxygen atoms in total. The summed E-state index contributed by atoms with van der Waals surface area (Å²) in [5.41, 5.74) is 1.80. The Morgan fingerprint density at radius 1 is 1.25 bits per heavy atom. The second-order valence-electron chi connectivity index (χ2n) is 4.23. The number of Topliss-reactive ketones (excluding diaryl/α,β-unsaturated/α-hetero) is 1. The van der Waals surface area contributed by atoms with Gasteiger partial charge in [0, 0.05) is 18.5 Å². The van der Waals surface area contributed by atoms with Crippen molar-refractivity contribution in [2.24, 2.45) is 0 Å². The van der Waals surface area contributed by atoms with Gasteiger partial charge in [-0.2, -0.15) is 0 Å². The summed E-state index contributed by atoms with van der Waals surface area (Å²) in [6, 6.07) is 7.46. The van der Waals surface area contributed by atoms with E-state index in [0.29, 0.717) is 18.5 Å². The van der Waals surface area contributed by atoms with Crippen LogP contribution in [-0.2, 0) is 4.79 Å². The molecule has 0 N–H and O–H groups in total. The largest absolute Gasteiger partial charge is 0.331 e. The van der Waals surface area contributed by atoms with Crippen LogP contribution < -0.4 is 0 Å². The summed E-state index contributed by atoms with van der Waals surface area (Å²) in [4.78, 5) is 24.9. The average Bonchev–Trinajstić information content (AvgIpc) is 2.29. The average molecular weight is 217 g/mol. The van der Waals surface area contributed by atoms with E-state index in [2.05, 4.69) is 0 Å². The number of hydrogen-bond acceptors (Lipinski definition) is 2. The van der Waals surface area contributed by atoms with Crippen molar-refractivity contribution in [1.82, 2.24) is 4.90 Å². The van der Waals surface area contributed by atoms with E-state index in [4.69, 9.17) is 0 Å². The molecular formula is C13H15NO2. The first-order chi connectivity index (χ1) is 7.66. The third kappa shape index (κ3) is 2.30. The van der Waals surface area contributed by atoms with Gasteiger partial charge in [0.2, 0.25) is 0 Å². The quantitative estimate of drug-likeness (QED) is 0.719. The molecule has 1 aliphatic heterocycles. The van der Waals surface area contributed by atoms with Crippen molar-refractivity contribution >= 4 is 11.7 Å². The van der Waals surface area contributed by atoms with Crippen molar-refractivity contribution in [3.05, 3.63) is 35.4 Å². The monoisotopic (exact) mass is 217 g/mol. The summed E-state index contributed by atoms with van der Waals surface area (Å²) >= 11 is 0. The second kappa shape index (κ2) is 4.47. The highest BCUT2D eigenvalue weighted by molar-refractivity contribution is 5.97. The Hall–Kier alpha value is -1.64. The molecule has 0 atom stereocenters. The van der Waals surface area contributed by atoms with Crippen LogP contribution in [0.2, 0.25) is 0 Å². The fraction of sp³-hybridized carbons (Fsp3) is 0.385. The maximum Gasteiger partial charge on any atom is 0.254 e. The van der Waals surface area contributed by atoms with Gasteiger partial charge in [0.1, 0.15) is 0 Å². The maximum absolute atomic E-state index is 12.0. The number of piperidine rings is 1. The number of likely N-dealkylation sites (tertiary alicyclic amines) is 1. The molecule has 3 heteroatoms. The Kier molecular flexibility index (Phi) is 3.04. The summed E-state index contributed by atoms with van der Waals surface area (Å²) < 4.78 is 0. The van der Waals surface area contributed by atoms with Crippen LogP contribution >= 0.6 is 0 Å². The summed E-state index contributed by atoms with van der Waals surface area (Å²) in [6.45, 7) is 2.95. The molecule has 1 aliphatic rings. The Morgan fingerprint density at radius 2 is 1.94 bits per heavy atom. The van der Waals surface area contributed by atoms with E-state index in [1.807, 2.05) is 31.2 Å². The number of amides is 1. The molecule has 0 unspecified atom stereocenters. The zero-order valence-corrected chi connectivity index (χ0v) is 9.40. The third-order valence-electron chi connectivity index (χ3n) is 2.84. The standard InChI is InChI=1S/C13H15NO2/c1-10-4-6-11(7-5-10)13(16)14-8-2-3-12(15)9-14/h4-7H,2-3,8-9H2,1H3. The van der Waals surface area contributed by atoms with Gasteiger partial charge < -0.3 is 4.90 Å². The first-order valence-corrected chi connectivity index (χ1v) is 5.54. The van der Waals surface area contributed by atoms with Gasteiger partial charge >= 0.3 is 0 Å². The van der Waals surface area contributed by atoms with Crippen LogP contribution in [0, 0.1) is 6.92 Å². The number of carbonyl (C=O) groups is 2. The lowest BCUT2D eigenvalue weighted by Crippen LogP contribution is -2.40. The number of nitrogens with zero attached hydrogens (tertiary/aromatic N) is 1. The molecule has 0 spiro atoms. The van der Waals surface area contributed by atoms with E-state index in [0.717, 1.165) is 12.0 Å². The number of ketones is 1. The van der Waals surface area contributed by atoms with Gasteiger partial charge in [0.05, 0.1) is 6.54 Å². The second-order valence-corrected chi connectivity index (χ2v) is 4.23. The van der Waals surface area contributed by atoms with Crippen molar-refractivity contribution in [3.63, 3.8) is 0 Å². The van der Waals surface area contributed by atoms with Crippen LogP contribution in [0.5, 0.6) is 0 Å². The first-order valence-electron chi connectivity index (χ1n) is 5.54. The Morgan fingerprint density at radius 3 is 2.56 bits per heavy atom. The van der Waals surface area contributed by atoms with E-state index < -0.39 is 0 Å². The van der Waals surface area contributed by atoms with Crippen LogP contribution in [0.15, 0.2) is 24.3 Å². The summed E-state index contributed by atoms with van der Waals surface area (Å²) in [5, 5.41) is 0. The highest BCUT2D eigenvalue weighted by atomic mass is 16.2. The lowest BCUT2D eigenvalue weighted by Gasteiger charge is -2.25. The number of benzene rings is 1. The smallest absolute Gasteiger partial charge is 0.254 e. The molecule has 1 aromatic rings. The number of hydrogen-bond donors (Lipinski definition) is 0. The summed E-state index contributed by atoms with van der Waals surface area (Å²) in [7, 11) is 0. The molecular weight excluding hydrogens is 202 g/mol. The Labute approximate surface area is 95.1 Å². The number of rotatable bonds is 1. The van der Waals surface area contributed by atoms with Gasteiger partial charge in [-0.1, -0.05) is 17.7 Å². The summed E-state index contributed by atoms with van der Waals surface area (Å²) in [6.07, 6.45) is 1.40. The molecule has 0 bridgehead atoms. The first kappa shape index (κ1) is 10.9. The molecule has 0 aromatic heterocycles. The highest BCUT2D eigenvalue weighted by Gasteiger charge is 2.22. The van der Waals surface area contributed by atoms with Gasteiger partial charge in [-0.05, 0) is 25.5 Å². The Balaban J connectivity index is 2.12. The van der Waals surface area contributed by atoms with E-state index in [1.165, 1.54) is 0 Å². The van der Waals surface area contributed by atoms with Gasteiger partial charge in [0.15, 0.2) is 5.78 Å². The molecule has 2 rings (SSSR count). The zero-order chi connectivity index (χ0) is 11.5. The highest BCUT2D eigenvalue weighted by Crippen LogP contribution is 2.11. The van der Waals surface area contributed by atoms with E-state index in [1.54, 1.807) is 4.90 Å². The molecule has 1 fully saturated rings. The number of carbonyl (C=O) groups excluding carboxylic acids is 2. The zero-order valence-electron chi connectivity index (χ0n) is 9.40. The van der Waals surface area contributed by atoms with Gasteiger partial charge in [-0.3, -0.25) is 9.59 Å². The van der Waals surface area contributed by atoms with E-state index in [9.17, 15) is 9.59 Å². The van der Waals surface area contributed by atoms with Crippen LogP contribution in [0.1, 0.15) is 28.8 Å². The lowest BCUT2D eigenvalue weighted by atomic mass is 10.1. The predicted octanol–water partition coefficient (Wildman–Crippen LogP) is 1.80. The van der Waals surface area contributed by atoms with Crippen molar-refractivity contribution in [1.29, 1.82) is 0 Å². The molecule has 84 valence electrons. The van der Waals surface area contributed by atoms with Gasteiger partial charge in [-0.15, -0.1) is 0 Å². The minimum absolute atomic E-state index is 0.0342. The molecule has 1 amide bonds. The fourth-order valence-electron chi connectivity index (χ4n) is 1.89. The summed E-state index contributed by atoms with van der Waals surface area (Å²) in [5.74, 6) is 0.125. The van der Waals surface area contributed by atoms with E-state index in [-0.39, 0.29) is 18.2 Å².